The molecule has 0 radical (unpaired) electrons. The van der Waals surface area contributed by atoms with Crippen molar-refractivity contribution in [2.24, 2.45) is 0 Å². The van der Waals surface area contributed by atoms with Gasteiger partial charge in [-0.15, -0.1) is 0 Å². The molecule has 0 saturated carbocycles. The minimum Gasteiger partial charge on any atom is -0.355 e. The van der Waals surface area contributed by atoms with Gasteiger partial charge in [-0.05, 0) is 37.6 Å². The van der Waals surface area contributed by atoms with Gasteiger partial charge in [0.25, 0.3) is 0 Å². The first-order valence-corrected chi connectivity index (χ1v) is 10.7. The fourth-order valence-corrected chi connectivity index (χ4v) is 4.04. The molecular formula is C23H24N4OS. The number of para-hydroxylation sites is 1. The Morgan fingerprint density at radius 2 is 1.86 bits per heavy atom. The van der Waals surface area contributed by atoms with Crippen LogP contribution in [0.15, 0.2) is 54.6 Å². The van der Waals surface area contributed by atoms with Crippen LogP contribution in [-0.2, 0) is 17.0 Å². The number of benzene rings is 2. The largest absolute Gasteiger partial charge is 0.355 e. The highest BCUT2D eigenvalue weighted by molar-refractivity contribution is 7.98. The zero-order valence-corrected chi connectivity index (χ0v) is 17.5. The van der Waals surface area contributed by atoms with Gasteiger partial charge < -0.3 is 5.32 Å². The van der Waals surface area contributed by atoms with Gasteiger partial charge in [0.1, 0.15) is 0 Å². The Morgan fingerprint density at radius 1 is 1.14 bits per heavy atom. The van der Waals surface area contributed by atoms with Crippen LogP contribution < -0.4 is 5.32 Å². The predicted octanol–water partition coefficient (Wildman–Crippen LogP) is 3.95. The Bertz CT molecular complexity index is 1020. The third kappa shape index (κ3) is 5.27. The second kappa shape index (κ2) is 9.94. The maximum atomic E-state index is 12.4. The summed E-state index contributed by atoms with van der Waals surface area (Å²) in [6.07, 6.45) is 0.326. The van der Waals surface area contributed by atoms with Crippen molar-refractivity contribution in [3.8, 4) is 11.8 Å². The van der Waals surface area contributed by atoms with Gasteiger partial charge in [0.05, 0.1) is 29.4 Å². The zero-order chi connectivity index (χ0) is 20.6. The number of hydrogen-bond acceptors (Lipinski definition) is 4. The molecule has 0 saturated heterocycles. The number of carbonyl (C=O) groups is 1. The maximum absolute atomic E-state index is 12.4. The van der Waals surface area contributed by atoms with E-state index in [4.69, 9.17) is 5.26 Å². The van der Waals surface area contributed by atoms with Crippen LogP contribution in [0.1, 0.15) is 28.1 Å². The van der Waals surface area contributed by atoms with Crippen molar-refractivity contribution in [3.05, 3.63) is 82.7 Å². The lowest BCUT2D eigenvalue weighted by atomic mass is 10.1. The molecule has 29 heavy (non-hydrogen) atoms. The first-order chi connectivity index (χ1) is 14.1. The predicted molar refractivity (Wildman–Crippen MR) is 117 cm³/mol. The molecule has 0 bridgehead atoms. The zero-order valence-electron chi connectivity index (χ0n) is 16.7. The molecule has 3 rings (SSSR count). The van der Waals surface area contributed by atoms with Gasteiger partial charge in [-0.2, -0.15) is 22.1 Å². The highest BCUT2D eigenvalue weighted by atomic mass is 32.2. The first kappa shape index (κ1) is 20.7. The smallest absolute Gasteiger partial charge is 0.224 e. The topological polar surface area (TPSA) is 70.7 Å². The molecule has 1 N–H and O–H groups in total. The molecule has 1 heterocycles. The number of aromatic nitrogens is 2. The molecule has 5 nitrogen and oxygen atoms in total. The molecule has 148 valence electrons. The molecule has 1 aromatic heterocycles. The van der Waals surface area contributed by atoms with Crippen LogP contribution in [0.4, 0.5) is 0 Å². The summed E-state index contributed by atoms with van der Waals surface area (Å²) in [7, 11) is 0. The van der Waals surface area contributed by atoms with Gasteiger partial charge in [0.2, 0.25) is 5.91 Å². The monoisotopic (exact) mass is 404 g/mol. The number of nitriles is 1. The van der Waals surface area contributed by atoms with E-state index in [-0.39, 0.29) is 5.91 Å². The molecule has 3 aromatic rings. The van der Waals surface area contributed by atoms with Crippen molar-refractivity contribution >= 4 is 17.7 Å². The van der Waals surface area contributed by atoms with Crippen molar-refractivity contribution in [3.63, 3.8) is 0 Å². The van der Waals surface area contributed by atoms with Crippen LogP contribution in [0.2, 0.25) is 0 Å². The number of nitrogens with one attached hydrogen (secondary N) is 1. The van der Waals surface area contributed by atoms with E-state index in [1.54, 1.807) is 11.8 Å². The molecule has 0 aliphatic rings. The van der Waals surface area contributed by atoms with Crippen molar-refractivity contribution < 1.29 is 4.79 Å². The van der Waals surface area contributed by atoms with E-state index >= 15 is 0 Å². The molecule has 2 aromatic carbocycles. The fourth-order valence-electron chi connectivity index (χ4n) is 3.17. The van der Waals surface area contributed by atoms with Crippen molar-refractivity contribution in [2.45, 2.75) is 26.0 Å². The Morgan fingerprint density at radius 3 is 2.62 bits per heavy atom. The summed E-state index contributed by atoms with van der Waals surface area (Å²) in [5.74, 6) is 1.57. The molecule has 0 spiro atoms. The Kier molecular flexibility index (Phi) is 7.09. The van der Waals surface area contributed by atoms with E-state index in [1.165, 1.54) is 0 Å². The molecule has 0 unspecified atom stereocenters. The lowest BCUT2D eigenvalue weighted by Gasteiger charge is -2.07. The minimum absolute atomic E-state index is 0.00170. The van der Waals surface area contributed by atoms with Gasteiger partial charge >= 0.3 is 0 Å². The number of amides is 1. The van der Waals surface area contributed by atoms with Crippen LogP contribution in [0.3, 0.4) is 0 Å². The Hall–Kier alpha value is -3.04. The molecule has 0 atom stereocenters. The highest BCUT2D eigenvalue weighted by Gasteiger charge is 2.15. The molecule has 0 aliphatic carbocycles. The lowest BCUT2D eigenvalue weighted by molar-refractivity contribution is -0.120. The average Bonchev–Trinajstić information content (AvgIpc) is 3.02. The van der Waals surface area contributed by atoms with Crippen molar-refractivity contribution in [1.29, 1.82) is 5.26 Å². The lowest BCUT2D eigenvalue weighted by Crippen LogP contribution is -2.27. The SMILES string of the molecule is Cc1nn(-c2ccccc2)c(C)c1CC(=O)NCCSCc1ccccc1C#N. The van der Waals surface area contributed by atoms with Crippen LogP contribution in [0, 0.1) is 25.2 Å². The summed E-state index contributed by atoms with van der Waals surface area (Å²) in [4.78, 5) is 12.4. The fraction of sp³-hybridized carbons (Fsp3) is 0.261. The first-order valence-electron chi connectivity index (χ1n) is 9.53. The van der Waals surface area contributed by atoms with E-state index < -0.39 is 0 Å². The summed E-state index contributed by atoms with van der Waals surface area (Å²) in [5, 5.41) is 16.7. The summed E-state index contributed by atoms with van der Waals surface area (Å²) in [5.41, 5.74) is 5.59. The minimum atomic E-state index is 0.00170. The third-order valence-corrected chi connectivity index (χ3v) is 5.75. The van der Waals surface area contributed by atoms with Crippen molar-refractivity contribution in [2.75, 3.05) is 12.3 Å². The molecule has 6 heteroatoms. The second-order valence-electron chi connectivity index (χ2n) is 6.74. The summed E-state index contributed by atoms with van der Waals surface area (Å²) >= 11 is 1.71. The number of aryl methyl sites for hydroxylation is 1. The van der Waals surface area contributed by atoms with E-state index in [9.17, 15) is 4.79 Å². The van der Waals surface area contributed by atoms with Crippen LogP contribution in [0.5, 0.6) is 0 Å². The van der Waals surface area contributed by atoms with Gasteiger partial charge in [-0.1, -0.05) is 36.4 Å². The van der Waals surface area contributed by atoms with Crippen LogP contribution >= 0.6 is 11.8 Å². The third-order valence-electron chi connectivity index (χ3n) is 4.74. The summed E-state index contributed by atoms with van der Waals surface area (Å²) in [6, 6.07) is 19.8. The van der Waals surface area contributed by atoms with Crippen LogP contribution in [-0.4, -0.2) is 28.0 Å². The van der Waals surface area contributed by atoms with E-state index in [1.807, 2.05) is 73.1 Å². The number of hydrogen-bond donors (Lipinski definition) is 1. The number of carbonyl (C=O) groups excluding carboxylic acids is 1. The Balaban J connectivity index is 1.49. The number of rotatable bonds is 8. The summed E-state index contributed by atoms with van der Waals surface area (Å²) in [6.45, 7) is 4.54. The standard InChI is InChI=1S/C23H24N4OS/c1-17-22(18(2)27(26-17)21-10-4-3-5-11-21)14-23(28)25-12-13-29-16-20-9-7-6-8-19(20)15-24/h3-11H,12-14,16H2,1-2H3,(H,25,28). The van der Waals surface area contributed by atoms with E-state index in [0.29, 0.717) is 18.5 Å². The number of thioether (sulfide) groups is 1. The van der Waals surface area contributed by atoms with Gasteiger partial charge in [0.15, 0.2) is 0 Å². The highest BCUT2D eigenvalue weighted by Crippen LogP contribution is 2.18. The maximum Gasteiger partial charge on any atom is 0.224 e. The van der Waals surface area contributed by atoms with Gasteiger partial charge in [-0.3, -0.25) is 4.79 Å². The van der Waals surface area contributed by atoms with Gasteiger partial charge in [0, 0.05) is 29.3 Å². The van der Waals surface area contributed by atoms with Gasteiger partial charge in [-0.25, -0.2) is 4.68 Å². The summed E-state index contributed by atoms with van der Waals surface area (Å²) < 4.78 is 1.89. The van der Waals surface area contributed by atoms with E-state index in [0.717, 1.165) is 39.7 Å². The molecule has 0 aliphatic heterocycles. The number of nitrogens with zero attached hydrogens (tertiary/aromatic N) is 3. The Labute approximate surface area is 175 Å². The quantitative estimate of drug-likeness (QED) is 0.577. The average molecular weight is 405 g/mol. The molecular weight excluding hydrogens is 380 g/mol. The molecule has 0 fully saturated rings. The normalized spacial score (nSPS) is 10.5. The van der Waals surface area contributed by atoms with Crippen molar-refractivity contribution in [1.82, 2.24) is 15.1 Å². The molecule has 1 amide bonds. The van der Waals surface area contributed by atoms with Crippen LogP contribution in [0.25, 0.3) is 5.69 Å². The second-order valence-corrected chi connectivity index (χ2v) is 7.85. The van der Waals surface area contributed by atoms with E-state index in [2.05, 4.69) is 16.5 Å².